The van der Waals surface area contributed by atoms with Gasteiger partial charge in [-0.1, -0.05) is 37.3 Å². The molecule has 0 spiro atoms. The number of aromatic nitrogens is 1. The zero-order valence-electron chi connectivity index (χ0n) is 12.2. The number of nitrogens with one attached hydrogen (secondary N) is 1. The number of hydrogen-bond acceptors (Lipinski definition) is 4. The Balaban J connectivity index is 2.31. The summed E-state index contributed by atoms with van der Waals surface area (Å²) in [5, 5.41) is 2.85. The Morgan fingerprint density at radius 1 is 1.19 bits per heavy atom. The topological polar surface area (TPSA) is 62.3 Å². The Morgan fingerprint density at radius 3 is 2.52 bits per heavy atom. The van der Waals surface area contributed by atoms with Gasteiger partial charge in [-0.05, 0) is 11.6 Å². The Morgan fingerprint density at radius 2 is 1.90 bits per heavy atom. The molecule has 1 heterocycles. The lowest BCUT2D eigenvalue weighted by molar-refractivity contribution is 0.423. The van der Waals surface area contributed by atoms with Crippen molar-refractivity contribution in [2.75, 3.05) is 18.9 Å². The Labute approximate surface area is 125 Å². The standard InChI is InChI=1S/C15H19N3O2S/c1-3-18(12-13-7-5-4-6-8-13)21(19,20)14-9-10-17-15(11-14)16-2/h4-11H,3,12H2,1-2H3,(H,16,17). The highest BCUT2D eigenvalue weighted by molar-refractivity contribution is 7.89. The predicted octanol–water partition coefficient (Wildman–Crippen LogP) is 2.33. The molecule has 0 aliphatic heterocycles. The van der Waals surface area contributed by atoms with E-state index in [0.717, 1.165) is 5.56 Å². The van der Waals surface area contributed by atoms with Gasteiger partial charge in [0.15, 0.2) is 0 Å². The summed E-state index contributed by atoms with van der Waals surface area (Å²) in [6.45, 7) is 2.60. The van der Waals surface area contributed by atoms with Crippen molar-refractivity contribution < 1.29 is 8.42 Å². The normalized spacial score (nSPS) is 11.6. The molecule has 112 valence electrons. The molecule has 21 heavy (non-hydrogen) atoms. The minimum Gasteiger partial charge on any atom is -0.373 e. The van der Waals surface area contributed by atoms with Crippen LogP contribution < -0.4 is 5.32 Å². The third-order valence-corrected chi connectivity index (χ3v) is 5.10. The largest absolute Gasteiger partial charge is 0.373 e. The number of sulfonamides is 1. The van der Waals surface area contributed by atoms with Crippen molar-refractivity contribution in [1.82, 2.24) is 9.29 Å². The molecule has 0 radical (unpaired) electrons. The first-order valence-corrected chi connectivity index (χ1v) is 8.20. The van der Waals surface area contributed by atoms with Gasteiger partial charge in [0.2, 0.25) is 10.0 Å². The second-order valence-electron chi connectivity index (χ2n) is 4.54. The SMILES string of the molecule is CCN(Cc1ccccc1)S(=O)(=O)c1ccnc(NC)c1. The fourth-order valence-corrected chi connectivity index (χ4v) is 3.46. The predicted molar refractivity (Wildman–Crippen MR) is 83.5 cm³/mol. The zero-order chi connectivity index (χ0) is 15.3. The number of pyridine rings is 1. The molecule has 1 N–H and O–H groups in total. The van der Waals surface area contributed by atoms with Gasteiger partial charge in [0.25, 0.3) is 0 Å². The van der Waals surface area contributed by atoms with Crippen LogP contribution in [0.25, 0.3) is 0 Å². The van der Waals surface area contributed by atoms with Crippen LogP contribution in [0.15, 0.2) is 53.6 Å². The first-order chi connectivity index (χ1) is 10.1. The van der Waals surface area contributed by atoms with E-state index in [-0.39, 0.29) is 4.90 Å². The second kappa shape index (κ2) is 6.69. The second-order valence-corrected chi connectivity index (χ2v) is 6.48. The van der Waals surface area contributed by atoms with Crippen LogP contribution in [0, 0.1) is 0 Å². The molecule has 0 amide bonds. The molecule has 0 fully saturated rings. The monoisotopic (exact) mass is 305 g/mol. The Hall–Kier alpha value is -1.92. The number of benzene rings is 1. The molecule has 6 heteroatoms. The van der Waals surface area contributed by atoms with E-state index in [1.54, 1.807) is 13.1 Å². The molecular formula is C15H19N3O2S. The lowest BCUT2D eigenvalue weighted by Gasteiger charge is -2.20. The summed E-state index contributed by atoms with van der Waals surface area (Å²) >= 11 is 0. The molecule has 1 aromatic heterocycles. The summed E-state index contributed by atoms with van der Waals surface area (Å²) in [5.74, 6) is 0.534. The van der Waals surface area contributed by atoms with E-state index in [0.29, 0.717) is 18.9 Å². The lowest BCUT2D eigenvalue weighted by atomic mass is 10.2. The third-order valence-electron chi connectivity index (χ3n) is 3.18. The van der Waals surface area contributed by atoms with Crippen molar-refractivity contribution in [3.8, 4) is 0 Å². The minimum atomic E-state index is -3.53. The molecule has 0 bridgehead atoms. The Kier molecular flexibility index (Phi) is 4.93. The Bertz CT molecular complexity index is 687. The summed E-state index contributed by atoms with van der Waals surface area (Å²) in [7, 11) is -1.82. The van der Waals surface area contributed by atoms with E-state index in [1.807, 2.05) is 37.3 Å². The fourth-order valence-electron chi connectivity index (χ4n) is 2.01. The highest BCUT2D eigenvalue weighted by Crippen LogP contribution is 2.19. The number of rotatable bonds is 6. The van der Waals surface area contributed by atoms with Gasteiger partial charge < -0.3 is 5.32 Å². The van der Waals surface area contributed by atoms with Crippen LogP contribution in [-0.4, -0.2) is 31.3 Å². The van der Waals surface area contributed by atoms with E-state index in [4.69, 9.17) is 0 Å². The van der Waals surface area contributed by atoms with Crippen LogP contribution in [0.4, 0.5) is 5.82 Å². The van der Waals surface area contributed by atoms with Crippen LogP contribution in [0.1, 0.15) is 12.5 Å². The smallest absolute Gasteiger partial charge is 0.243 e. The third kappa shape index (κ3) is 3.59. The summed E-state index contributed by atoms with van der Waals surface area (Å²) in [6.07, 6.45) is 1.50. The highest BCUT2D eigenvalue weighted by atomic mass is 32.2. The molecular weight excluding hydrogens is 286 g/mol. The average molecular weight is 305 g/mol. The van der Waals surface area contributed by atoms with Gasteiger partial charge in [-0.2, -0.15) is 4.31 Å². The van der Waals surface area contributed by atoms with E-state index < -0.39 is 10.0 Å². The van der Waals surface area contributed by atoms with Crippen LogP contribution in [0.3, 0.4) is 0 Å². The van der Waals surface area contributed by atoms with Gasteiger partial charge in [0.05, 0.1) is 4.90 Å². The van der Waals surface area contributed by atoms with Crippen LogP contribution in [0.5, 0.6) is 0 Å². The maximum Gasteiger partial charge on any atom is 0.243 e. The molecule has 0 atom stereocenters. The van der Waals surface area contributed by atoms with Gasteiger partial charge in [-0.25, -0.2) is 13.4 Å². The van der Waals surface area contributed by atoms with Crippen molar-refractivity contribution in [3.05, 3.63) is 54.2 Å². The molecule has 2 rings (SSSR count). The first-order valence-electron chi connectivity index (χ1n) is 6.75. The summed E-state index contributed by atoms with van der Waals surface area (Å²) in [5.41, 5.74) is 0.964. The molecule has 2 aromatic rings. The van der Waals surface area contributed by atoms with Crippen molar-refractivity contribution >= 4 is 15.8 Å². The van der Waals surface area contributed by atoms with Gasteiger partial charge in [-0.3, -0.25) is 0 Å². The molecule has 0 unspecified atom stereocenters. The van der Waals surface area contributed by atoms with Crippen LogP contribution in [0.2, 0.25) is 0 Å². The van der Waals surface area contributed by atoms with Crippen molar-refractivity contribution in [2.24, 2.45) is 0 Å². The highest BCUT2D eigenvalue weighted by Gasteiger charge is 2.23. The first kappa shape index (κ1) is 15.5. The number of anilines is 1. The van der Waals surface area contributed by atoms with E-state index >= 15 is 0 Å². The number of hydrogen-bond donors (Lipinski definition) is 1. The van der Waals surface area contributed by atoms with Crippen molar-refractivity contribution in [2.45, 2.75) is 18.4 Å². The number of nitrogens with zero attached hydrogens (tertiary/aromatic N) is 2. The van der Waals surface area contributed by atoms with Gasteiger partial charge in [-0.15, -0.1) is 0 Å². The maximum absolute atomic E-state index is 12.7. The lowest BCUT2D eigenvalue weighted by Crippen LogP contribution is -2.30. The van der Waals surface area contributed by atoms with Crippen LogP contribution >= 0.6 is 0 Å². The zero-order valence-corrected chi connectivity index (χ0v) is 13.0. The van der Waals surface area contributed by atoms with Crippen LogP contribution in [-0.2, 0) is 16.6 Å². The molecule has 0 aliphatic carbocycles. The van der Waals surface area contributed by atoms with E-state index in [2.05, 4.69) is 10.3 Å². The fraction of sp³-hybridized carbons (Fsp3) is 0.267. The maximum atomic E-state index is 12.7. The minimum absolute atomic E-state index is 0.250. The van der Waals surface area contributed by atoms with E-state index in [9.17, 15) is 8.42 Å². The van der Waals surface area contributed by atoms with E-state index in [1.165, 1.54) is 16.6 Å². The van der Waals surface area contributed by atoms with Gasteiger partial charge in [0, 0.05) is 32.4 Å². The molecule has 0 saturated carbocycles. The summed E-state index contributed by atoms with van der Waals surface area (Å²) < 4.78 is 26.9. The molecule has 0 saturated heterocycles. The molecule has 1 aromatic carbocycles. The molecule has 5 nitrogen and oxygen atoms in total. The molecule has 0 aliphatic rings. The van der Waals surface area contributed by atoms with Crippen molar-refractivity contribution in [3.63, 3.8) is 0 Å². The van der Waals surface area contributed by atoms with Gasteiger partial charge >= 0.3 is 0 Å². The van der Waals surface area contributed by atoms with Gasteiger partial charge in [0.1, 0.15) is 5.82 Å². The van der Waals surface area contributed by atoms with Crippen molar-refractivity contribution in [1.29, 1.82) is 0 Å². The average Bonchev–Trinajstić information content (AvgIpc) is 2.53. The quantitative estimate of drug-likeness (QED) is 0.890. The summed E-state index contributed by atoms with van der Waals surface area (Å²) in [6, 6.07) is 12.6. The summed E-state index contributed by atoms with van der Waals surface area (Å²) in [4.78, 5) is 4.30.